The molecule has 1 unspecified atom stereocenters. The monoisotopic (exact) mass is 299 g/mol. The smallest absolute Gasteiger partial charge is 0.0637 e. The van der Waals surface area contributed by atoms with Crippen LogP contribution in [-0.2, 0) is 6.54 Å². The average Bonchev–Trinajstić information content (AvgIpc) is 2.77. The molecule has 0 bridgehead atoms. The van der Waals surface area contributed by atoms with Gasteiger partial charge in [0.05, 0.1) is 10.0 Å². The van der Waals surface area contributed by atoms with Gasteiger partial charge >= 0.3 is 0 Å². The van der Waals surface area contributed by atoms with Crippen LogP contribution in [0.15, 0.2) is 30.3 Å². The van der Waals surface area contributed by atoms with Crippen molar-refractivity contribution in [1.82, 2.24) is 5.32 Å². The van der Waals surface area contributed by atoms with Crippen molar-refractivity contribution in [3.63, 3.8) is 0 Å². The molecular weight excluding hydrogens is 285 g/mol. The fourth-order valence-corrected chi connectivity index (χ4v) is 3.03. The Balaban J connectivity index is 2.01. The van der Waals surface area contributed by atoms with Gasteiger partial charge in [0.2, 0.25) is 0 Å². The van der Waals surface area contributed by atoms with E-state index in [4.69, 9.17) is 23.2 Å². The average molecular weight is 300 g/mol. The minimum absolute atomic E-state index is 0.318. The molecule has 0 saturated carbocycles. The van der Waals surface area contributed by atoms with Gasteiger partial charge in [0.15, 0.2) is 0 Å². The second-order valence-corrected chi connectivity index (χ2v) is 6.37. The van der Waals surface area contributed by atoms with Crippen LogP contribution in [0.5, 0.6) is 0 Å². The van der Waals surface area contributed by atoms with E-state index in [2.05, 4.69) is 31.3 Å². The molecule has 0 fully saturated rings. The Bertz CT molecular complexity index is 536. The van der Waals surface area contributed by atoms with Gasteiger partial charge in [0.25, 0.3) is 0 Å². The number of aryl methyl sites for hydroxylation is 1. The summed E-state index contributed by atoms with van der Waals surface area (Å²) in [5.74, 6) is 0. The predicted molar refractivity (Wildman–Crippen MR) is 80.8 cm³/mol. The first-order chi connectivity index (χ1) is 8.58. The van der Waals surface area contributed by atoms with Crippen molar-refractivity contribution in [1.29, 1.82) is 0 Å². The number of benzene rings is 1. The Labute approximate surface area is 122 Å². The van der Waals surface area contributed by atoms with E-state index in [1.165, 1.54) is 9.75 Å². The first kappa shape index (κ1) is 13.9. The van der Waals surface area contributed by atoms with Crippen LogP contribution < -0.4 is 5.32 Å². The van der Waals surface area contributed by atoms with E-state index in [9.17, 15) is 0 Å². The van der Waals surface area contributed by atoms with Crippen molar-refractivity contribution < 1.29 is 0 Å². The normalized spacial score (nSPS) is 12.7. The predicted octanol–water partition coefficient (Wildman–Crippen LogP) is 5.21. The van der Waals surface area contributed by atoms with Crippen LogP contribution in [-0.4, -0.2) is 0 Å². The van der Waals surface area contributed by atoms with Crippen LogP contribution in [0.3, 0.4) is 0 Å². The summed E-state index contributed by atoms with van der Waals surface area (Å²) in [6, 6.07) is 10.3. The topological polar surface area (TPSA) is 12.0 Å². The fourth-order valence-electron chi connectivity index (χ4n) is 1.73. The zero-order valence-electron chi connectivity index (χ0n) is 10.3. The van der Waals surface area contributed by atoms with E-state index in [0.29, 0.717) is 16.1 Å². The van der Waals surface area contributed by atoms with E-state index in [1.54, 1.807) is 6.07 Å². The summed E-state index contributed by atoms with van der Waals surface area (Å²) in [6.45, 7) is 5.00. The number of hydrogen-bond acceptors (Lipinski definition) is 2. The standard InChI is InChI=1S/C14H15Cl2NS/c1-9-6-7-13(18-9)10(2)17-8-11-4-3-5-12(15)14(11)16/h3-7,10,17H,8H2,1-2H3. The molecule has 0 saturated heterocycles. The molecule has 0 aliphatic rings. The number of hydrogen-bond donors (Lipinski definition) is 1. The van der Waals surface area contributed by atoms with E-state index in [0.717, 1.165) is 12.1 Å². The minimum atomic E-state index is 0.318. The summed E-state index contributed by atoms with van der Waals surface area (Å²) in [4.78, 5) is 2.67. The summed E-state index contributed by atoms with van der Waals surface area (Å²) < 4.78 is 0. The third kappa shape index (κ3) is 3.27. The highest BCUT2D eigenvalue weighted by atomic mass is 35.5. The van der Waals surface area contributed by atoms with Crippen molar-refractivity contribution in [2.24, 2.45) is 0 Å². The Kier molecular flexibility index (Phi) is 4.68. The quantitative estimate of drug-likeness (QED) is 0.817. The Hall–Kier alpha value is -0.540. The molecule has 0 spiro atoms. The SMILES string of the molecule is Cc1ccc(C(C)NCc2cccc(Cl)c2Cl)s1. The van der Waals surface area contributed by atoms with Crippen molar-refractivity contribution in [2.45, 2.75) is 26.4 Å². The molecular formula is C14H15Cl2NS. The van der Waals surface area contributed by atoms with Gasteiger partial charge in [-0.05, 0) is 37.6 Å². The zero-order valence-corrected chi connectivity index (χ0v) is 12.7. The Morgan fingerprint density at radius 3 is 2.67 bits per heavy atom. The molecule has 18 heavy (non-hydrogen) atoms. The van der Waals surface area contributed by atoms with Crippen molar-refractivity contribution >= 4 is 34.5 Å². The van der Waals surface area contributed by atoms with Crippen LogP contribution in [0.2, 0.25) is 10.0 Å². The van der Waals surface area contributed by atoms with E-state index in [-0.39, 0.29) is 0 Å². The fraction of sp³-hybridized carbons (Fsp3) is 0.286. The van der Waals surface area contributed by atoms with Crippen molar-refractivity contribution in [3.05, 3.63) is 55.7 Å². The van der Waals surface area contributed by atoms with Crippen LogP contribution in [0.1, 0.15) is 28.3 Å². The summed E-state index contributed by atoms with van der Waals surface area (Å²) >= 11 is 14.0. The van der Waals surface area contributed by atoms with Gasteiger partial charge in [-0.15, -0.1) is 11.3 Å². The molecule has 2 rings (SSSR count). The Morgan fingerprint density at radius 2 is 2.00 bits per heavy atom. The number of halogens is 2. The molecule has 1 atom stereocenters. The van der Waals surface area contributed by atoms with Crippen molar-refractivity contribution in [2.75, 3.05) is 0 Å². The van der Waals surface area contributed by atoms with Gasteiger partial charge in [-0.1, -0.05) is 35.3 Å². The molecule has 0 aliphatic carbocycles. The number of nitrogens with one attached hydrogen (secondary N) is 1. The van der Waals surface area contributed by atoms with Gasteiger partial charge < -0.3 is 5.32 Å². The summed E-state index contributed by atoms with van der Waals surface area (Å²) in [6.07, 6.45) is 0. The van der Waals surface area contributed by atoms with Gasteiger partial charge in [-0.25, -0.2) is 0 Å². The van der Waals surface area contributed by atoms with Crippen LogP contribution in [0, 0.1) is 6.92 Å². The Morgan fingerprint density at radius 1 is 1.22 bits per heavy atom. The highest BCUT2D eigenvalue weighted by molar-refractivity contribution is 7.12. The lowest BCUT2D eigenvalue weighted by Crippen LogP contribution is -2.17. The molecule has 4 heteroatoms. The second-order valence-electron chi connectivity index (χ2n) is 4.26. The third-order valence-electron chi connectivity index (χ3n) is 2.82. The molecule has 1 heterocycles. The first-order valence-corrected chi connectivity index (χ1v) is 7.38. The molecule has 0 aliphatic heterocycles. The second kappa shape index (κ2) is 6.07. The maximum atomic E-state index is 6.16. The number of thiophene rings is 1. The lowest BCUT2D eigenvalue weighted by molar-refractivity contribution is 0.583. The summed E-state index contributed by atoms with van der Waals surface area (Å²) in [5.41, 5.74) is 1.03. The maximum absolute atomic E-state index is 6.16. The molecule has 1 N–H and O–H groups in total. The molecule has 1 aromatic heterocycles. The van der Waals surface area contributed by atoms with Crippen LogP contribution >= 0.6 is 34.5 Å². The molecule has 1 nitrogen and oxygen atoms in total. The van der Waals surface area contributed by atoms with Gasteiger partial charge in [-0.3, -0.25) is 0 Å². The lowest BCUT2D eigenvalue weighted by atomic mass is 10.2. The van der Waals surface area contributed by atoms with Gasteiger partial charge in [0.1, 0.15) is 0 Å². The van der Waals surface area contributed by atoms with E-state index in [1.807, 2.05) is 23.5 Å². The maximum Gasteiger partial charge on any atom is 0.0637 e. The zero-order chi connectivity index (χ0) is 13.1. The summed E-state index contributed by atoms with van der Waals surface area (Å²) in [7, 11) is 0. The number of rotatable bonds is 4. The molecule has 96 valence electrons. The summed E-state index contributed by atoms with van der Waals surface area (Å²) in [5, 5.41) is 4.71. The molecule has 2 aromatic rings. The molecule has 0 amide bonds. The molecule has 1 aromatic carbocycles. The van der Waals surface area contributed by atoms with E-state index >= 15 is 0 Å². The van der Waals surface area contributed by atoms with Gasteiger partial charge in [-0.2, -0.15) is 0 Å². The highest BCUT2D eigenvalue weighted by Crippen LogP contribution is 2.27. The van der Waals surface area contributed by atoms with Crippen LogP contribution in [0.4, 0.5) is 0 Å². The van der Waals surface area contributed by atoms with Crippen LogP contribution in [0.25, 0.3) is 0 Å². The van der Waals surface area contributed by atoms with Gasteiger partial charge in [0, 0.05) is 22.3 Å². The van der Waals surface area contributed by atoms with Crippen molar-refractivity contribution in [3.8, 4) is 0 Å². The minimum Gasteiger partial charge on any atom is -0.305 e. The third-order valence-corrected chi connectivity index (χ3v) is 4.86. The molecule has 0 radical (unpaired) electrons. The lowest BCUT2D eigenvalue weighted by Gasteiger charge is -2.13. The largest absolute Gasteiger partial charge is 0.305 e. The van der Waals surface area contributed by atoms with E-state index < -0.39 is 0 Å². The highest BCUT2D eigenvalue weighted by Gasteiger charge is 2.09. The first-order valence-electron chi connectivity index (χ1n) is 5.80.